The Morgan fingerprint density at radius 3 is 2.44 bits per heavy atom. The van der Waals surface area contributed by atoms with Crippen LogP contribution in [0.4, 0.5) is 4.39 Å². The molecule has 100 valence electrons. The first-order chi connectivity index (χ1) is 8.65. The molecule has 1 aromatic carbocycles. The lowest BCUT2D eigenvalue weighted by Crippen LogP contribution is -2.10. The van der Waals surface area contributed by atoms with Gasteiger partial charge in [0.15, 0.2) is 0 Å². The van der Waals surface area contributed by atoms with Crippen LogP contribution in [0.1, 0.15) is 51.5 Å². The van der Waals surface area contributed by atoms with Crippen molar-refractivity contribution in [1.82, 2.24) is 0 Å². The highest BCUT2D eigenvalue weighted by Gasteiger charge is 2.12. The van der Waals surface area contributed by atoms with E-state index in [0.717, 1.165) is 18.4 Å². The summed E-state index contributed by atoms with van der Waals surface area (Å²) in [5.74, 6) is 0.531. The van der Waals surface area contributed by atoms with Crippen LogP contribution in [-0.4, -0.2) is 5.78 Å². The SMILES string of the molecule is CCCCC(CC)CC(=O)Cc1ccc(F)cc1. The van der Waals surface area contributed by atoms with Crippen LogP contribution in [0.5, 0.6) is 0 Å². The normalized spacial score (nSPS) is 12.4. The lowest BCUT2D eigenvalue weighted by molar-refractivity contribution is -0.119. The second kappa shape index (κ2) is 8.02. The van der Waals surface area contributed by atoms with Crippen molar-refractivity contribution in [2.45, 2.75) is 52.4 Å². The van der Waals surface area contributed by atoms with E-state index < -0.39 is 0 Å². The molecule has 0 amide bonds. The second-order valence-electron chi connectivity index (χ2n) is 4.96. The molecule has 0 aliphatic carbocycles. The zero-order chi connectivity index (χ0) is 13.4. The molecule has 0 bridgehead atoms. The van der Waals surface area contributed by atoms with E-state index in [-0.39, 0.29) is 11.6 Å². The van der Waals surface area contributed by atoms with Crippen LogP contribution in [0.25, 0.3) is 0 Å². The van der Waals surface area contributed by atoms with Gasteiger partial charge in [0.25, 0.3) is 0 Å². The number of Topliss-reactive ketones (excluding diaryl/α,β-unsaturated/α-hetero) is 1. The zero-order valence-electron chi connectivity index (χ0n) is 11.4. The first-order valence-corrected chi connectivity index (χ1v) is 6.91. The standard InChI is InChI=1S/C16H23FO/c1-3-5-6-13(4-2)11-16(18)12-14-7-9-15(17)10-8-14/h7-10,13H,3-6,11-12H2,1-2H3. The lowest BCUT2D eigenvalue weighted by Gasteiger charge is -2.13. The van der Waals surface area contributed by atoms with Crippen molar-refractivity contribution in [3.05, 3.63) is 35.6 Å². The molecule has 0 radical (unpaired) electrons. The molecule has 0 N–H and O–H groups in total. The van der Waals surface area contributed by atoms with Gasteiger partial charge >= 0.3 is 0 Å². The van der Waals surface area contributed by atoms with Crippen molar-refractivity contribution in [2.24, 2.45) is 5.92 Å². The first kappa shape index (κ1) is 14.9. The summed E-state index contributed by atoms with van der Waals surface area (Å²) in [6, 6.07) is 6.22. The van der Waals surface area contributed by atoms with Crippen LogP contribution in [0, 0.1) is 11.7 Å². The van der Waals surface area contributed by atoms with Crippen LogP contribution < -0.4 is 0 Å². The van der Waals surface area contributed by atoms with E-state index in [1.54, 1.807) is 12.1 Å². The third-order valence-electron chi connectivity index (χ3n) is 3.37. The smallest absolute Gasteiger partial charge is 0.137 e. The van der Waals surface area contributed by atoms with Crippen LogP contribution in [0.15, 0.2) is 24.3 Å². The lowest BCUT2D eigenvalue weighted by atomic mass is 9.92. The average Bonchev–Trinajstić information content (AvgIpc) is 2.37. The molecule has 0 heterocycles. The summed E-state index contributed by atoms with van der Waals surface area (Å²) >= 11 is 0. The van der Waals surface area contributed by atoms with Crippen LogP contribution in [0.3, 0.4) is 0 Å². The zero-order valence-corrected chi connectivity index (χ0v) is 11.4. The minimum Gasteiger partial charge on any atom is -0.299 e. The highest BCUT2D eigenvalue weighted by atomic mass is 19.1. The molecule has 0 aliphatic rings. The number of carbonyl (C=O) groups is 1. The fourth-order valence-electron chi connectivity index (χ4n) is 2.17. The molecule has 0 spiro atoms. The van der Waals surface area contributed by atoms with E-state index >= 15 is 0 Å². The van der Waals surface area contributed by atoms with Crippen molar-refractivity contribution >= 4 is 5.78 Å². The number of benzene rings is 1. The van der Waals surface area contributed by atoms with Crippen LogP contribution in [-0.2, 0) is 11.2 Å². The van der Waals surface area contributed by atoms with E-state index in [4.69, 9.17) is 0 Å². The maximum atomic E-state index is 12.7. The van der Waals surface area contributed by atoms with Gasteiger partial charge in [0, 0.05) is 12.8 Å². The molecule has 0 saturated heterocycles. The largest absolute Gasteiger partial charge is 0.299 e. The van der Waals surface area contributed by atoms with Gasteiger partial charge in [0.2, 0.25) is 0 Å². The topological polar surface area (TPSA) is 17.1 Å². The summed E-state index contributed by atoms with van der Waals surface area (Å²) < 4.78 is 12.7. The molecule has 1 atom stereocenters. The van der Waals surface area contributed by atoms with Crippen molar-refractivity contribution in [1.29, 1.82) is 0 Å². The van der Waals surface area contributed by atoms with E-state index in [1.165, 1.54) is 25.0 Å². The molecule has 1 unspecified atom stereocenters. The number of carbonyl (C=O) groups excluding carboxylic acids is 1. The Bertz CT molecular complexity index is 356. The predicted molar refractivity (Wildman–Crippen MR) is 73.0 cm³/mol. The van der Waals surface area contributed by atoms with Crippen molar-refractivity contribution in [3.8, 4) is 0 Å². The number of halogens is 1. The van der Waals surface area contributed by atoms with Crippen LogP contribution in [0.2, 0.25) is 0 Å². The molecular formula is C16H23FO. The molecular weight excluding hydrogens is 227 g/mol. The predicted octanol–water partition coefficient (Wildman–Crippen LogP) is 4.54. The molecule has 1 nitrogen and oxygen atoms in total. The quantitative estimate of drug-likeness (QED) is 0.661. The van der Waals surface area contributed by atoms with Gasteiger partial charge in [-0.2, -0.15) is 0 Å². The maximum absolute atomic E-state index is 12.7. The average molecular weight is 250 g/mol. The molecule has 0 fully saturated rings. The maximum Gasteiger partial charge on any atom is 0.137 e. The van der Waals surface area contributed by atoms with Gasteiger partial charge in [0.05, 0.1) is 0 Å². The Balaban J connectivity index is 2.42. The number of unbranched alkanes of at least 4 members (excludes halogenated alkanes) is 1. The highest BCUT2D eigenvalue weighted by Crippen LogP contribution is 2.18. The fraction of sp³-hybridized carbons (Fsp3) is 0.562. The van der Waals surface area contributed by atoms with Crippen molar-refractivity contribution < 1.29 is 9.18 Å². The number of rotatable bonds is 8. The molecule has 1 aromatic rings. The third kappa shape index (κ3) is 5.44. The number of hydrogen-bond donors (Lipinski definition) is 0. The van der Waals surface area contributed by atoms with Crippen LogP contribution >= 0.6 is 0 Å². The highest BCUT2D eigenvalue weighted by molar-refractivity contribution is 5.81. The Kier molecular flexibility index (Phi) is 6.63. The van der Waals surface area contributed by atoms with E-state index in [2.05, 4.69) is 13.8 Å². The Morgan fingerprint density at radius 1 is 1.22 bits per heavy atom. The Hall–Kier alpha value is -1.18. The summed E-state index contributed by atoms with van der Waals surface area (Å²) in [6.07, 6.45) is 5.68. The van der Waals surface area contributed by atoms with Gasteiger partial charge in [-0.15, -0.1) is 0 Å². The van der Waals surface area contributed by atoms with Gasteiger partial charge in [-0.05, 0) is 23.6 Å². The van der Waals surface area contributed by atoms with Gasteiger partial charge in [-0.25, -0.2) is 4.39 Å². The van der Waals surface area contributed by atoms with Crippen molar-refractivity contribution in [2.75, 3.05) is 0 Å². The third-order valence-corrected chi connectivity index (χ3v) is 3.37. The van der Waals surface area contributed by atoms with E-state index in [1.807, 2.05) is 0 Å². The first-order valence-electron chi connectivity index (χ1n) is 6.91. The number of ketones is 1. The van der Waals surface area contributed by atoms with Crippen molar-refractivity contribution in [3.63, 3.8) is 0 Å². The van der Waals surface area contributed by atoms with E-state index in [0.29, 0.717) is 18.8 Å². The summed E-state index contributed by atoms with van der Waals surface area (Å²) in [5.41, 5.74) is 0.909. The van der Waals surface area contributed by atoms with Gasteiger partial charge in [-0.1, -0.05) is 51.7 Å². The van der Waals surface area contributed by atoms with Gasteiger partial charge < -0.3 is 0 Å². The summed E-state index contributed by atoms with van der Waals surface area (Å²) in [7, 11) is 0. The molecule has 2 heteroatoms. The summed E-state index contributed by atoms with van der Waals surface area (Å²) in [4.78, 5) is 11.9. The molecule has 0 aliphatic heterocycles. The second-order valence-corrected chi connectivity index (χ2v) is 4.96. The Morgan fingerprint density at radius 2 is 1.89 bits per heavy atom. The summed E-state index contributed by atoms with van der Waals surface area (Å²) in [5, 5.41) is 0. The molecule has 0 saturated carbocycles. The minimum atomic E-state index is -0.249. The van der Waals surface area contributed by atoms with E-state index in [9.17, 15) is 9.18 Å². The molecule has 0 aromatic heterocycles. The summed E-state index contributed by atoms with van der Waals surface area (Å²) in [6.45, 7) is 4.32. The number of hydrogen-bond acceptors (Lipinski definition) is 1. The van der Waals surface area contributed by atoms with Gasteiger partial charge in [0.1, 0.15) is 11.6 Å². The monoisotopic (exact) mass is 250 g/mol. The minimum absolute atomic E-state index is 0.249. The van der Waals surface area contributed by atoms with Gasteiger partial charge in [-0.3, -0.25) is 4.79 Å². The molecule has 1 rings (SSSR count). The Labute approximate surface area is 109 Å². The molecule has 18 heavy (non-hydrogen) atoms. The fourth-order valence-corrected chi connectivity index (χ4v) is 2.17.